The number of thiophene rings is 1. The molecule has 1 amide bonds. The molecule has 134 valence electrons. The molecule has 1 atom stereocenters. The second-order valence-corrected chi connectivity index (χ2v) is 7.29. The van der Waals surface area contributed by atoms with Crippen LogP contribution in [0.2, 0.25) is 0 Å². The molecule has 3 rings (SSSR count). The maximum absolute atomic E-state index is 12.3. The Morgan fingerprint density at radius 3 is 2.56 bits per heavy atom. The van der Waals surface area contributed by atoms with Crippen LogP contribution in [0.1, 0.15) is 16.5 Å². The first-order chi connectivity index (χ1) is 12.1. The van der Waals surface area contributed by atoms with E-state index in [1.165, 1.54) is 5.56 Å². The zero-order chi connectivity index (χ0) is 17.6. The quantitative estimate of drug-likeness (QED) is 0.859. The van der Waals surface area contributed by atoms with Gasteiger partial charge in [0.1, 0.15) is 11.9 Å². The van der Waals surface area contributed by atoms with Crippen LogP contribution in [0.15, 0.2) is 41.8 Å². The zero-order valence-corrected chi connectivity index (χ0v) is 15.2. The molecule has 1 aliphatic heterocycles. The van der Waals surface area contributed by atoms with Crippen LogP contribution in [0.5, 0.6) is 5.75 Å². The predicted octanol–water partition coefficient (Wildman–Crippen LogP) is 2.31. The van der Waals surface area contributed by atoms with Crippen molar-refractivity contribution in [1.29, 1.82) is 0 Å². The fraction of sp³-hybridized carbons (Fsp3) is 0.421. The maximum atomic E-state index is 12.3. The van der Waals surface area contributed by atoms with E-state index in [1.807, 2.05) is 53.6 Å². The molecule has 0 saturated carbocycles. The van der Waals surface area contributed by atoms with E-state index < -0.39 is 6.10 Å². The molecule has 0 spiro atoms. The first-order valence-electron chi connectivity index (χ1n) is 8.53. The van der Waals surface area contributed by atoms with Gasteiger partial charge in [0.05, 0.1) is 0 Å². The molecule has 1 aromatic carbocycles. The Kier molecular flexibility index (Phi) is 6.07. The number of rotatable bonds is 6. The van der Waals surface area contributed by atoms with Gasteiger partial charge in [0, 0.05) is 37.6 Å². The first-order valence-corrected chi connectivity index (χ1v) is 9.41. The van der Waals surface area contributed by atoms with Gasteiger partial charge in [-0.15, -0.1) is 11.3 Å². The zero-order valence-electron chi connectivity index (χ0n) is 14.4. The summed E-state index contributed by atoms with van der Waals surface area (Å²) < 4.78 is 5.57. The highest BCUT2D eigenvalue weighted by atomic mass is 32.1. The standard InChI is InChI=1S/C19H24N2O3S/c1-15-4-6-16(7-5-15)24-14-19(23)21-10-8-20(9-11-21)13-17(22)18-3-2-12-25-18/h2-7,12,17,22H,8-11,13-14H2,1H3. The van der Waals surface area contributed by atoms with Crippen LogP contribution in [-0.4, -0.2) is 60.1 Å². The van der Waals surface area contributed by atoms with Crippen LogP contribution >= 0.6 is 11.3 Å². The number of hydrogen-bond donors (Lipinski definition) is 1. The number of aryl methyl sites for hydroxylation is 1. The molecular weight excluding hydrogens is 336 g/mol. The molecule has 2 aromatic rings. The summed E-state index contributed by atoms with van der Waals surface area (Å²) in [5.74, 6) is 0.732. The highest BCUT2D eigenvalue weighted by Gasteiger charge is 2.23. The van der Waals surface area contributed by atoms with Gasteiger partial charge in [-0.1, -0.05) is 23.8 Å². The van der Waals surface area contributed by atoms with Crippen LogP contribution < -0.4 is 4.74 Å². The predicted molar refractivity (Wildman–Crippen MR) is 99.0 cm³/mol. The van der Waals surface area contributed by atoms with E-state index in [0.717, 1.165) is 23.7 Å². The number of piperazine rings is 1. The number of aliphatic hydroxyl groups is 1. The molecule has 1 aliphatic rings. The lowest BCUT2D eigenvalue weighted by atomic mass is 10.2. The van der Waals surface area contributed by atoms with Crippen molar-refractivity contribution in [3.8, 4) is 5.75 Å². The lowest BCUT2D eigenvalue weighted by Crippen LogP contribution is -2.50. The van der Waals surface area contributed by atoms with Crippen LogP contribution in [-0.2, 0) is 4.79 Å². The molecular formula is C19H24N2O3S. The summed E-state index contributed by atoms with van der Waals surface area (Å²) in [5.41, 5.74) is 1.17. The summed E-state index contributed by atoms with van der Waals surface area (Å²) >= 11 is 1.57. The Hall–Kier alpha value is -1.89. The van der Waals surface area contributed by atoms with E-state index in [4.69, 9.17) is 4.74 Å². The maximum Gasteiger partial charge on any atom is 0.260 e. The SMILES string of the molecule is Cc1ccc(OCC(=O)N2CCN(CC(O)c3cccs3)CC2)cc1. The van der Waals surface area contributed by atoms with Gasteiger partial charge in [0.2, 0.25) is 0 Å². The van der Waals surface area contributed by atoms with Gasteiger partial charge in [-0.25, -0.2) is 0 Å². The molecule has 6 heteroatoms. The summed E-state index contributed by atoms with van der Waals surface area (Å²) in [6.45, 7) is 5.60. The third kappa shape index (κ3) is 5.04. The lowest BCUT2D eigenvalue weighted by molar-refractivity contribution is -0.135. The number of benzene rings is 1. The number of carbonyl (C=O) groups excluding carboxylic acids is 1. The van der Waals surface area contributed by atoms with Crippen molar-refractivity contribution in [2.75, 3.05) is 39.3 Å². The Bertz CT molecular complexity index is 664. The molecule has 5 nitrogen and oxygen atoms in total. The summed E-state index contributed by atoms with van der Waals surface area (Å²) in [4.78, 5) is 17.3. The van der Waals surface area contributed by atoms with E-state index in [-0.39, 0.29) is 12.5 Å². The van der Waals surface area contributed by atoms with Crippen LogP contribution in [0.25, 0.3) is 0 Å². The third-order valence-corrected chi connectivity index (χ3v) is 5.38. The van der Waals surface area contributed by atoms with Gasteiger partial charge < -0.3 is 14.7 Å². The third-order valence-electron chi connectivity index (χ3n) is 4.41. The Morgan fingerprint density at radius 1 is 1.20 bits per heavy atom. The number of amides is 1. The molecule has 1 N–H and O–H groups in total. The molecule has 0 aliphatic carbocycles. The Morgan fingerprint density at radius 2 is 1.92 bits per heavy atom. The van der Waals surface area contributed by atoms with Crippen LogP contribution in [0, 0.1) is 6.92 Å². The minimum absolute atomic E-state index is 0.0130. The van der Waals surface area contributed by atoms with Gasteiger partial charge in [0.25, 0.3) is 5.91 Å². The molecule has 25 heavy (non-hydrogen) atoms. The fourth-order valence-electron chi connectivity index (χ4n) is 2.87. The van der Waals surface area contributed by atoms with Gasteiger partial charge >= 0.3 is 0 Å². The minimum Gasteiger partial charge on any atom is -0.484 e. The molecule has 2 heterocycles. The fourth-order valence-corrected chi connectivity index (χ4v) is 3.57. The van der Waals surface area contributed by atoms with E-state index in [2.05, 4.69) is 4.90 Å². The van der Waals surface area contributed by atoms with E-state index in [9.17, 15) is 9.90 Å². The van der Waals surface area contributed by atoms with Crippen molar-refractivity contribution >= 4 is 17.2 Å². The van der Waals surface area contributed by atoms with Crippen molar-refractivity contribution in [3.05, 3.63) is 52.2 Å². The lowest BCUT2D eigenvalue weighted by Gasteiger charge is -2.35. The second kappa shape index (κ2) is 8.47. The molecule has 0 bridgehead atoms. The summed E-state index contributed by atoms with van der Waals surface area (Å²) in [7, 11) is 0. The second-order valence-electron chi connectivity index (χ2n) is 6.31. The monoisotopic (exact) mass is 360 g/mol. The number of hydrogen-bond acceptors (Lipinski definition) is 5. The normalized spacial score (nSPS) is 16.6. The Labute approximate surface area is 152 Å². The number of ether oxygens (including phenoxy) is 1. The molecule has 1 aromatic heterocycles. The highest BCUT2D eigenvalue weighted by molar-refractivity contribution is 7.10. The van der Waals surface area contributed by atoms with Crippen LogP contribution in [0.3, 0.4) is 0 Å². The van der Waals surface area contributed by atoms with Crippen molar-refractivity contribution in [2.45, 2.75) is 13.0 Å². The van der Waals surface area contributed by atoms with Gasteiger partial charge in [0.15, 0.2) is 6.61 Å². The summed E-state index contributed by atoms with van der Waals surface area (Å²) in [6, 6.07) is 11.6. The van der Waals surface area contributed by atoms with Gasteiger partial charge in [-0.2, -0.15) is 0 Å². The largest absolute Gasteiger partial charge is 0.484 e. The highest BCUT2D eigenvalue weighted by Crippen LogP contribution is 2.20. The van der Waals surface area contributed by atoms with Crippen molar-refractivity contribution < 1.29 is 14.6 Å². The summed E-state index contributed by atoms with van der Waals surface area (Å²) in [5, 5.41) is 12.2. The van der Waals surface area contributed by atoms with Crippen molar-refractivity contribution in [1.82, 2.24) is 9.80 Å². The molecule has 0 radical (unpaired) electrons. The minimum atomic E-state index is -0.452. The number of nitrogens with zero attached hydrogens (tertiary/aromatic N) is 2. The smallest absolute Gasteiger partial charge is 0.260 e. The van der Waals surface area contributed by atoms with Gasteiger partial charge in [-0.05, 0) is 30.5 Å². The van der Waals surface area contributed by atoms with E-state index in [0.29, 0.717) is 19.6 Å². The molecule has 1 fully saturated rings. The van der Waals surface area contributed by atoms with Crippen molar-refractivity contribution in [2.24, 2.45) is 0 Å². The average molecular weight is 360 g/mol. The first kappa shape index (κ1) is 17.9. The average Bonchev–Trinajstić information content (AvgIpc) is 3.16. The summed E-state index contributed by atoms with van der Waals surface area (Å²) in [6.07, 6.45) is -0.452. The van der Waals surface area contributed by atoms with Gasteiger partial charge in [-0.3, -0.25) is 9.69 Å². The topological polar surface area (TPSA) is 53.0 Å². The molecule has 1 unspecified atom stereocenters. The van der Waals surface area contributed by atoms with E-state index >= 15 is 0 Å². The van der Waals surface area contributed by atoms with Crippen LogP contribution in [0.4, 0.5) is 0 Å². The molecule has 1 saturated heterocycles. The number of aliphatic hydroxyl groups excluding tert-OH is 1. The van der Waals surface area contributed by atoms with E-state index in [1.54, 1.807) is 11.3 Å². The Balaban J connectivity index is 1.40. The van der Waals surface area contributed by atoms with Crippen molar-refractivity contribution in [3.63, 3.8) is 0 Å². The number of β-amino-alcohol motifs (C(OH)–C–C–N with tert-alkyl or cyclic N) is 1. The number of carbonyl (C=O) groups is 1.